The topological polar surface area (TPSA) is 93.2 Å². The summed E-state index contributed by atoms with van der Waals surface area (Å²) in [7, 11) is -3.22. The number of sulfonamides is 1. The monoisotopic (exact) mass is 274 g/mol. The smallest absolute Gasteiger partial charge is 0.225 e. The number of hydrogen-bond acceptors (Lipinski definition) is 6. The fourth-order valence-corrected chi connectivity index (χ4v) is 2.20. The number of anilines is 1. The summed E-state index contributed by atoms with van der Waals surface area (Å²) >= 11 is 0. The third-order valence-corrected chi connectivity index (χ3v) is 3.41. The van der Waals surface area contributed by atoms with Crippen molar-refractivity contribution in [1.29, 1.82) is 0 Å². The average molecular weight is 274 g/mol. The molecular weight excluding hydrogens is 256 g/mol. The maximum atomic E-state index is 11.4. The van der Waals surface area contributed by atoms with Crippen molar-refractivity contribution in [3.05, 3.63) is 12.3 Å². The molecule has 0 aliphatic heterocycles. The minimum atomic E-state index is -3.22. The molecule has 1 rings (SSSR count). The quantitative estimate of drug-likeness (QED) is 0.704. The molecule has 0 amide bonds. The predicted molar refractivity (Wildman–Crippen MR) is 69.2 cm³/mol. The zero-order chi connectivity index (χ0) is 13.4. The Bertz CT molecular complexity index is 464. The summed E-state index contributed by atoms with van der Waals surface area (Å²) in [5, 5.41) is 2.84. The lowest BCUT2D eigenvalue weighted by Gasteiger charge is -2.07. The van der Waals surface area contributed by atoms with E-state index in [1.807, 2.05) is 6.92 Å². The van der Waals surface area contributed by atoms with E-state index in [1.54, 1.807) is 19.2 Å². The highest BCUT2D eigenvalue weighted by atomic mass is 32.2. The Balaban J connectivity index is 2.46. The Hall–Kier alpha value is -1.41. The maximum Gasteiger partial charge on any atom is 0.225 e. The van der Waals surface area contributed by atoms with E-state index in [0.29, 0.717) is 25.0 Å². The van der Waals surface area contributed by atoms with Gasteiger partial charge in [-0.2, -0.15) is 4.98 Å². The summed E-state index contributed by atoms with van der Waals surface area (Å²) in [4.78, 5) is 8.04. The van der Waals surface area contributed by atoms with Gasteiger partial charge in [0.2, 0.25) is 21.9 Å². The van der Waals surface area contributed by atoms with Crippen LogP contribution in [0.5, 0.6) is 5.88 Å². The van der Waals surface area contributed by atoms with Crippen LogP contribution in [0.15, 0.2) is 12.3 Å². The lowest BCUT2D eigenvalue weighted by molar-refractivity contribution is 0.326. The lowest BCUT2D eigenvalue weighted by Crippen LogP contribution is -2.29. The van der Waals surface area contributed by atoms with Gasteiger partial charge in [-0.05, 0) is 6.92 Å². The molecule has 0 aliphatic rings. The molecule has 1 aromatic heterocycles. The van der Waals surface area contributed by atoms with Gasteiger partial charge in [-0.3, -0.25) is 0 Å². The van der Waals surface area contributed by atoms with E-state index in [2.05, 4.69) is 20.0 Å². The molecule has 0 bridgehead atoms. The van der Waals surface area contributed by atoms with Gasteiger partial charge in [0, 0.05) is 25.4 Å². The first-order valence-corrected chi connectivity index (χ1v) is 7.39. The number of nitrogens with one attached hydrogen (secondary N) is 2. The molecule has 0 saturated carbocycles. The van der Waals surface area contributed by atoms with Gasteiger partial charge >= 0.3 is 0 Å². The second-order valence-corrected chi connectivity index (χ2v) is 5.32. The molecule has 0 aliphatic carbocycles. The van der Waals surface area contributed by atoms with E-state index >= 15 is 0 Å². The number of aromatic nitrogens is 2. The molecule has 0 saturated heterocycles. The highest BCUT2D eigenvalue weighted by Crippen LogP contribution is 2.07. The van der Waals surface area contributed by atoms with Crippen LogP contribution in [0.1, 0.15) is 13.8 Å². The minimum Gasteiger partial charge on any atom is -0.478 e. The fraction of sp³-hybridized carbons (Fsp3) is 0.600. The highest BCUT2D eigenvalue weighted by Gasteiger charge is 2.08. The van der Waals surface area contributed by atoms with Gasteiger partial charge in [0.05, 0.1) is 12.4 Å². The third kappa shape index (κ3) is 5.28. The van der Waals surface area contributed by atoms with E-state index in [4.69, 9.17) is 4.74 Å². The molecule has 0 aromatic carbocycles. The van der Waals surface area contributed by atoms with Crippen molar-refractivity contribution in [3.63, 3.8) is 0 Å². The first-order chi connectivity index (χ1) is 8.57. The van der Waals surface area contributed by atoms with Gasteiger partial charge in [-0.15, -0.1) is 0 Å². The van der Waals surface area contributed by atoms with E-state index in [9.17, 15) is 8.42 Å². The van der Waals surface area contributed by atoms with Gasteiger partial charge in [0.1, 0.15) is 0 Å². The molecule has 7 nitrogen and oxygen atoms in total. The van der Waals surface area contributed by atoms with E-state index in [1.165, 1.54) is 0 Å². The normalized spacial score (nSPS) is 11.2. The lowest BCUT2D eigenvalue weighted by atomic mass is 10.6. The third-order valence-electron chi connectivity index (χ3n) is 1.94. The van der Waals surface area contributed by atoms with Gasteiger partial charge in [-0.25, -0.2) is 18.1 Å². The molecule has 18 heavy (non-hydrogen) atoms. The van der Waals surface area contributed by atoms with Crippen LogP contribution in [0.25, 0.3) is 0 Å². The minimum absolute atomic E-state index is 0.0247. The van der Waals surface area contributed by atoms with Gasteiger partial charge in [0.15, 0.2) is 0 Å². The van der Waals surface area contributed by atoms with Crippen LogP contribution in [0, 0.1) is 0 Å². The van der Waals surface area contributed by atoms with Crippen molar-refractivity contribution in [1.82, 2.24) is 14.7 Å². The standard InChI is InChI=1S/C10H18N4O3S/c1-3-13-18(15,16)8-7-12-10-11-6-5-9(14-10)17-4-2/h5-6,13H,3-4,7-8H2,1-2H3,(H,11,12,14). The van der Waals surface area contributed by atoms with Crippen LogP contribution in [0.2, 0.25) is 0 Å². The largest absolute Gasteiger partial charge is 0.478 e. The predicted octanol–water partition coefficient (Wildman–Crippen LogP) is 0.226. The van der Waals surface area contributed by atoms with Crippen molar-refractivity contribution < 1.29 is 13.2 Å². The second-order valence-electron chi connectivity index (χ2n) is 3.40. The van der Waals surface area contributed by atoms with Crippen molar-refractivity contribution in [2.75, 3.05) is 30.8 Å². The van der Waals surface area contributed by atoms with Gasteiger partial charge in [0.25, 0.3) is 0 Å². The molecule has 2 N–H and O–H groups in total. The molecular formula is C10H18N4O3S. The fourth-order valence-electron chi connectivity index (χ4n) is 1.24. The van der Waals surface area contributed by atoms with Gasteiger partial charge in [-0.1, -0.05) is 6.92 Å². The Labute approximate surface area is 107 Å². The second kappa shape index (κ2) is 7.12. The van der Waals surface area contributed by atoms with E-state index in [-0.39, 0.29) is 12.3 Å². The van der Waals surface area contributed by atoms with Crippen LogP contribution in [-0.2, 0) is 10.0 Å². The zero-order valence-electron chi connectivity index (χ0n) is 10.5. The number of hydrogen-bond donors (Lipinski definition) is 2. The molecule has 0 unspecified atom stereocenters. The van der Waals surface area contributed by atoms with Crippen LogP contribution in [0.3, 0.4) is 0 Å². The summed E-state index contributed by atoms with van der Waals surface area (Å²) < 4.78 is 30.4. The Morgan fingerprint density at radius 1 is 1.39 bits per heavy atom. The first kappa shape index (κ1) is 14.7. The van der Waals surface area contributed by atoms with Crippen LogP contribution < -0.4 is 14.8 Å². The summed E-state index contributed by atoms with van der Waals surface area (Å²) in [5.41, 5.74) is 0. The summed E-state index contributed by atoms with van der Waals surface area (Å²) in [5.74, 6) is 0.792. The van der Waals surface area contributed by atoms with Crippen LogP contribution in [0.4, 0.5) is 5.95 Å². The Morgan fingerprint density at radius 2 is 2.17 bits per heavy atom. The van der Waals surface area contributed by atoms with E-state index < -0.39 is 10.0 Å². The SMILES string of the molecule is CCNS(=O)(=O)CCNc1nccc(OCC)n1. The summed E-state index contributed by atoms with van der Waals surface area (Å²) in [6.45, 7) is 4.74. The molecule has 1 heterocycles. The Morgan fingerprint density at radius 3 is 2.83 bits per heavy atom. The summed E-state index contributed by atoms with van der Waals surface area (Å²) in [6, 6.07) is 1.64. The van der Waals surface area contributed by atoms with Crippen molar-refractivity contribution in [2.24, 2.45) is 0 Å². The maximum absolute atomic E-state index is 11.4. The highest BCUT2D eigenvalue weighted by molar-refractivity contribution is 7.89. The van der Waals surface area contributed by atoms with Gasteiger partial charge < -0.3 is 10.1 Å². The molecule has 102 valence electrons. The van der Waals surface area contributed by atoms with Crippen LogP contribution in [-0.4, -0.2) is 43.8 Å². The molecule has 8 heteroatoms. The van der Waals surface area contributed by atoms with Crippen molar-refractivity contribution >= 4 is 16.0 Å². The van der Waals surface area contributed by atoms with Crippen LogP contribution >= 0.6 is 0 Å². The molecule has 0 spiro atoms. The first-order valence-electron chi connectivity index (χ1n) is 5.74. The zero-order valence-corrected chi connectivity index (χ0v) is 11.3. The van der Waals surface area contributed by atoms with E-state index in [0.717, 1.165) is 0 Å². The number of nitrogens with zero attached hydrogens (tertiary/aromatic N) is 2. The van der Waals surface area contributed by atoms with Crippen molar-refractivity contribution in [2.45, 2.75) is 13.8 Å². The molecule has 0 radical (unpaired) electrons. The average Bonchev–Trinajstić information content (AvgIpc) is 2.29. The summed E-state index contributed by atoms with van der Waals surface area (Å²) in [6.07, 6.45) is 1.55. The molecule has 1 aromatic rings. The molecule has 0 fully saturated rings. The Kier molecular flexibility index (Phi) is 5.79. The van der Waals surface area contributed by atoms with Crippen molar-refractivity contribution in [3.8, 4) is 5.88 Å². The number of rotatable bonds is 8. The number of ether oxygens (including phenoxy) is 1. The molecule has 0 atom stereocenters.